The van der Waals surface area contributed by atoms with Crippen molar-refractivity contribution >= 4 is 34.8 Å². The fourth-order valence-electron chi connectivity index (χ4n) is 1.89. The molecule has 0 saturated heterocycles. The molecule has 0 atom stereocenters. The molecule has 2 aromatic rings. The minimum absolute atomic E-state index is 0.0320. The Balaban J connectivity index is 2.19. The van der Waals surface area contributed by atoms with Gasteiger partial charge in [-0.1, -0.05) is 11.8 Å². The number of aliphatic hydroxyl groups is 1. The van der Waals surface area contributed by atoms with Crippen LogP contribution >= 0.6 is 11.8 Å². The van der Waals surface area contributed by atoms with E-state index in [9.17, 15) is 14.7 Å². The third kappa shape index (κ3) is 4.21. The molecule has 0 bridgehead atoms. The van der Waals surface area contributed by atoms with E-state index in [1.54, 1.807) is 11.7 Å². The first-order valence-electron chi connectivity index (χ1n) is 6.82. The van der Waals surface area contributed by atoms with Crippen LogP contribution in [-0.2, 0) is 16.1 Å². The van der Waals surface area contributed by atoms with Gasteiger partial charge in [0, 0.05) is 20.2 Å². The number of hydrogen-bond donors (Lipinski definition) is 4. The van der Waals surface area contributed by atoms with E-state index in [4.69, 9.17) is 10.5 Å². The highest BCUT2D eigenvalue weighted by molar-refractivity contribution is 7.99. The van der Waals surface area contributed by atoms with E-state index in [1.807, 2.05) is 0 Å². The van der Waals surface area contributed by atoms with Gasteiger partial charge in [-0.2, -0.15) is 4.98 Å². The summed E-state index contributed by atoms with van der Waals surface area (Å²) in [5.74, 6) is -0.0993. The summed E-state index contributed by atoms with van der Waals surface area (Å²) in [5, 5.41) is 12.3. The normalized spacial score (nSPS) is 11.0. The molecule has 0 aliphatic rings. The van der Waals surface area contributed by atoms with Crippen molar-refractivity contribution in [3.05, 3.63) is 10.4 Å². The second-order valence-electron chi connectivity index (χ2n) is 4.52. The summed E-state index contributed by atoms with van der Waals surface area (Å²) in [6.07, 6.45) is 0. The fourth-order valence-corrected chi connectivity index (χ4v) is 2.74. The largest absolute Gasteiger partial charge is 0.395 e. The van der Waals surface area contributed by atoms with Crippen molar-refractivity contribution < 1.29 is 14.6 Å². The quantitative estimate of drug-likeness (QED) is 0.336. The van der Waals surface area contributed by atoms with E-state index in [2.05, 4.69) is 20.3 Å². The van der Waals surface area contributed by atoms with Crippen LogP contribution in [0, 0.1) is 0 Å². The maximum absolute atomic E-state index is 11.9. The zero-order valence-corrected chi connectivity index (χ0v) is 13.4. The lowest BCUT2D eigenvalue weighted by Gasteiger charge is -2.07. The third-order valence-corrected chi connectivity index (χ3v) is 3.85. The number of fused-ring (bicyclic) bond motifs is 1. The highest BCUT2D eigenvalue weighted by Gasteiger charge is 2.16. The molecule has 1 amide bonds. The predicted molar refractivity (Wildman–Crippen MR) is 85.3 cm³/mol. The highest BCUT2D eigenvalue weighted by Crippen LogP contribution is 2.21. The molecule has 0 radical (unpaired) electrons. The number of aromatic amines is 1. The van der Waals surface area contributed by atoms with Gasteiger partial charge in [-0.15, -0.1) is 0 Å². The molecule has 0 spiro atoms. The molecule has 0 aliphatic carbocycles. The summed E-state index contributed by atoms with van der Waals surface area (Å²) < 4.78 is 6.41. The van der Waals surface area contributed by atoms with Gasteiger partial charge < -0.3 is 25.5 Å². The lowest BCUT2D eigenvalue weighted by Crippen LogP contribution is -2.28. The molecule has 2 rings (SSSR count). The summed E-state index contributed by atoms with van der Waals surface area (Å²) >= 11 is 1.15. The smallest absolute Gasteiger partial charge is 0.280 e. The first-order chi connectivity index (χ1) is 11.1. The Labute approximate surface area is 135 Å². The number of aromatic nitrogens is 4. The first-order valence-corrected chi connectivity index (χ1v) is 7.80. The van der Waals surface area contributed by atoms with Crippen molar-refractivity contribution in [1.82, 2.24) is 24.8 Å². The molecule has 126 valence electrons. The molecule has 0 fully saturated rings. The summed E-state index contributed by atoms with van der Waals surface area (Å²) in [5.41, 5.74) is 5.47. The van der Waals surface area contributed by atoms with Crippen LogP contribution in [0.15, 0.2) is 9.95 Å². The predicted octanol–water partition coefficient (Wildman–Crippen LogP) is -1.45. The van der Waals surface area contributed by atoms with Crippen LogP contribution in [0.3, 0.4) is 0 Å². The number of methoxy groups -OCH3 is 1. The summed E-state index contributed by atoms with van der Waals surface area (Å²) in [6.45, 7) is 0.881. The number of aliphatic hydroxyl groups excluding tert-OH is 1. The molecule has 23 heavy (non-hydrogen) atoms. The van der Waals surface area contributed by atoms with Gasteiger partial charge in [-0.05, 0) is 0 Å². The number of rotatable bonds is 8. The lowest BCUT2D eigenvalue weighted by atomic mass is 10.5. The monoisotopic (exact) mass is 342 g/mol. The van der Waals surface area contributed by atoms with Crippen LogP contribution in [0.2, 0.25) is 0 Å². The van der Waals surface area contributed by atoms with Gasteiger partial charge in [0.25, 0.3) is 5.56 Å². The van der Waals surface area contributed by atoms with Gasteiger partial charge in [-0.25, -0.2) is 4.98 Å². The fraction of sp³-hybridized carbons (Fsp3) is 0.500. The standard InChI is InChI=1S/C12H18N6O4S/c1-22-5-2-14-7(20)6-23-12-15-8-9(18(12)3-4-19)16-11(13)17-10(8)21/h19H,2-6H2,1H3,(H,14,20)(H3,13,16,17,21). The van der Waals surface area contributed by atoms with Crippen LogP contribution in [0.5, 0.6) is 0 Å². The van der Waals surface area contributed by atoms with Crippen LogP contribution in [-0.4, -0.2) is 63.2 Å². The third-order valence-electron chi connectivity index (χ3n) is 2.87. The van der Waals surface area contributed by atoms with Gasteiger partial charge in [0.1, 0.15) is 0 Å². The van der Waals surface area contributed by atoms with Crippen LogP contribution < -0.4 is 16.6 Å². The maximum atomic E-state index is 11.9. The number of nitrogen functional groups attached to an aromatic ring is 1. The number of nitrogens with zero attached hydrogens (tertiary/aromatic N) is 3. The number of nitrogens with one attached hydrogen (secondary N) is 2. The Kier molecular flexibility index (Phi) is 5.96. The average molecular weight is 342 g/mol. The minimum Gasteiger partial charge on any atom is -0.395 e. The number of H-pyrrole nitrogens is 1. The number of thioether (sulfide) groups is 1. The zero-order chi connectivity index (χ0) is 16.8. The van der Waals surface area contributed by atoms with Crippen molar-refractivity contribution in [1.29, 1.82) is 0 Å². The van der Waals surface area contributed by atoms with E-state index in [0.29, 0.717) is 18.3 Å². The zero-order valence-electron chi connectivity index (χ0n) is 12.5. The van der Waals surface area contributed by atoms with Gasteiger partial charge in [0.15, 0.2) is 16.3 Å². The second-order valence-corrected chi connectivity index (χ2v) is 5.47. The SMILES string of the molecule is COCCNC(=O)CSc1nc2c(=O)[nH]c(N)nc2n1CCO. The Hall–Kier alpha value is -2.11. The van der Waals surface area contributed by atoms with Crippen molar-refractivity contribution in [2.75, 3.05) is 38.4 Å². The van der Waals surface area contributed by atoms with Crippen molar-refractivity contribution in [2.45, 2.75) is 11.7 Å². The number of amides is 1. The second kappa shape index (κ2) is 7.94. The number of anilines is 1. The molecule has 0 aliphatic heterocycles. The Morgan fingerprint density at radius 1 is 1.52 bits per heavy atom. The molecule has 0 aromatic carbocycles. The van der Waals surface area contributed by atoms with Gasteiger partial charge in [-0.3, -0.25) is 14.6 Å². The van der Waals surface area contributed by atoms with Gasteiger partial charge >= 0.3 is 0 Å². The Bertz CT molecular complexity index is 743. The number of carbonyl (C=O) groups excluding carboxylic acids is 1. The van der Waals surface area contributed by atoms with E-state index in [1.165, 1.54) is 0 Å². The van der Waals surface area contributed by atoms with Crippen molar-refractivity contribution in [3.8, 4) is 0 Å². The number of imidazole rings is 1. The van der Waals surface area contributed by atoms with E-state index in [-0.39, 0.29) is 41.9 Å². The lowest BCUT2D eigenvalue weighted by molar-refractivity contribution is -0.118. The molecular formula is C12H18N6O4S. The van der Waals surface area contributed by atoms with Crippen LogP contribution in [0.1, 0.15) is 0 Å². The highest BCUT2D eigenvalue weighted by atomic mass is 32.2. The summed E-state index contributed by atoms with van der Waals surface area (Å²) in [7, 11) is 1.55. The van der Waals surface area contributed by atoms with Gasteiger partial charge in [0.05, 0.1) is 19.0 Å². The molecule has 2 aromatic heterocycles. The number of hydrogen-bond acceptors (Lipinski definition) is 8. The van der Waals surface area contributed by atoms with E-state index >= 15 is 0 Å². The molecule has 0 saturated carbocycles. The maximum Gasteiger partial charge on any atom is 0.280 e. The van der Waals surface area contributed by atoms with Crippen LogP contribution in [0.25, 0.3) is 11.2 Å². The van der Waals surface area contributed by atoms with Gasteiger partial charge in [0.2, 0.25) is 11.9 Å². The summed E-state index contributed by atoms with van der Waals surface area (Å²) in [4.78, 5) is 34.2. The number of carbonyl (C=O) groups is 1. The molecule has 10 nitrogen and oxygen atoms in total. The molecule has 5 N–H and O–H groups in total. The van der Waals surface area contributed by atoms with Crippen molar-refractivity contribution in [3.63, 3.8) is 0 Å². The van der Waals surface area contributed by atoms with E-state index < -0.39 is 5.56 Å². The van der Waals surface area contributed by atoms with Crippen molar-refractivity contribution in [2.24, 2.45) is 0 Å². The summed E-state index contributed by atoms with van der Waals surface area (Å²) in [6, 6.07) is 0. The molecule has 0 unspecified atom stereocenters. The topological polar surface area (TPSA) is 148 Å². The Morgan fingerprint density at radius 2 is 2.30 bits per heavy atom. The molecule has 2 heterocycles. The van der Waals surface area contributed by atoms with Crippen LogP contribution in [0.4, 0.5) is 5.95 Å². The molecule has 11 heteroatoms. The average Bonchev–Trinajstić information content (AvgIpc) is 2.84. The number of ether oxygens (including phenoxy) is 1. The molecular weight excluding hydrogens is 324 g/mol. The Morgan fingerprint density at radius 3 is 3.00 bits per heavy atom. The first kappa shape index (κ1) is 17.2. The van der Waals surface area contributed by atoms with E-state index in [0.717, 1.165) is 11.8 Å². The number of nitrogens with two attached hydrogens (primary N) is 1. The minimum atomic E-state index is -0.462.